The zero-order valence-electron chi connectivity index (χ0n) is 40.2. The number of carbonyl (C=O) groups excluding carboxylic acids is 2. The third-order valence-corrected chi connectivity index (χ3v) is 21.0. The molecule has 7 N–H and O–H groups in total. The molecule has 4 aliphatic carbocycles. The Labute approximate surface area is 407 Å². The largest absolute Gasteiger partial charge is 0.504 e. The van der Waals surface area contributed by atoms with Crippen molar-refractivity contribution in [2.75, 3.05) is 24.6 Å². The van der Waals surface area contributed by atoms with Crippen LogP contribution in [-0.4, -0.2) is 80.0 Å². The van der Waals surface area contributed by atoms with Crippen LogP contribution in [0.3, 0.4) is 0 Å². The molecule has 368 valence electrons. The number of aryl methyl sites for hydroxylation is 1. The number of nitrogens with one attached hydrogen (secondary N) is 1. The van der Waals surface area contributed by atoms with Gasteiger partial charge in [0.25, 0.3) is 0 Å². The van der Waals surface area contributed by atoms with E-state index in [1.54, 1.807) is 6.20 Å². The van der Waals surface area contributed by atoms with Gasteiger partial charge in [0.1, 0.15) is 22.9 Å². The summed E-state index contributed by atoms with van der Waals surface area (Å²) in [6.07, 6.45) is 26.3. The number of aliphatic hydroxyl groups excluding tert-OH is 1. The Kier molecular flexibility index (Phi) is 15.2. The Bertz CT molecular complexity index is 2100. The minimum Gasteiger partial charge on any atom is -0.504 e. The van der Waals surface area contributed by atoms with Crippen molar-refractivity contribution in [2.24, 2.45) is 32.9 Å². The summed E-state index contributed by atoms with van der Waals surface area (Å²) < 4.78 is 12.7. The number of nitrogens with zero attached hydrogens (tertiary/aromatic N) is 3. The van der Waals surface area contributed by atoms with Crippen LogP contribution in [0.2, 0.25) is 0 Å². The number of aromatic hydroxyl groups is 1. The number of ether oxygens (including phenoxy) is 2. The maximum Gasteiger partial charge on any atom is 0.302 e. The van der Waals surface area contributed by atoms with E-state index in [0.717, 1.165) is 73.8 Å². The number of amides is 1. The fraction of sp³-hybridized carbons (Fsp3) is 0.736. The van der Waals surface area contributed by atoms with Gasteiger partial charge in [0, 0.05) is 73.3 Å². The van der Waals surface area contributed by atoms with E-state index in [-0.39, 0.29) is 40.6 Å². The molecular weight excluding hydrogens is 881 g/mol. The van der Waals surface area contributed by atoms with Gasteiger partial charge in [0.05, 0.1) is 6.10 Å². The van der Waals surface area contributed by atoms with Crippen LogP contribution >= 0.6 is 21.6 Å². The number of aliphatic hydroxyl groups is 1. The molecular formula is C53H78N6O6S2. The van der Waals surface area contributed by atoms with Gasteiger partial charge in [-0.25, -0.2) is 4.98 Å². The number of hydrogen-bond donors (Lipinski definition) is 5. The summed E-state index contributed by atoms with van der Waals surface area (Å²) in [7, 11) is 4.11. The Morgan fingerprint density at radius 3 is 2.49 bits per heavy atom. The van der Waals surface area contributed by atoms with Gasteiger partial charge in [-0.2, -0.15) is 0 Å². The Morgan fingerprint density at radius 2 is 1.70 bits per heavy atom. The highest BCUT2D eigenvalue weighted by atomic mass is 33.1. The summed E-state index contributed by atoms with van der Waals surface area (Å²) in [5, 5.41) is 27.6. The number of pyridine rings is 1. The third-order valence-electron chi connectivity index (χ3n) is 17.5. The number of aliphatic imine (C=N–C) groups is 1. The standard InChI is InChI=1S/C53H78N6O6S2/c1-36(60)64-42-15-13-39-29-40(47(63)48-43(39)16-14-38-10-8-12-44(38)65-48)33-59-34-51(32-46(59)62,31-37-17-26-56-45(54)28-37)25-27-57-49(55)58-53(24-9-23-52(53)21-6-7-22-52)67-66-35-50(19-4-5-20-50)18-3-2-11-41(61)30-42/h17,26,28-29,38,41-42,44,61,63H,2-16,18-25,27,30-35H2,1H3,(H2,54,56)(H3,55,57,58). The van der Waals surface area contributed by atoms with Crippen molar-refractivity contribution in [3.8, 4) is 11.5 Å². The summed E-state index contributed by atoms with van der Waals surface area (Å²) in [6, 6.07) is 5.97. The molecule has 7 aliphatic rings. The molecule has 4 saturated carbocycles. The van der Waals surface area contributed by atoms with Crippen LogP contribution in [0.25, 0.3) is 0 Å². The molecule has 14 heteroatoms. The van der Waals surface area contributed by atoms with Crippen molar-refractivity contribution in [3.05, 3.63) is 46.6 Å². The van der Waals surface area contributed by atoms with Crippen LogP contribution in [0.5, 0.6) is 11.5 Å². The fourth-order valence-electron chi connectivity index (χ4n) is 14.0. The van der Waals surface area contributed by atoms with Crippen molar-refractivity contribution in [1.29, 1.82) is 0 Å². The lowest BCUT2D eigenvalue weighted by Gasteiger charge is -2.44. The zero-order chi connectivity index (χ0) is 46.7. The number of anilines is 1. The predicted molar refractivity (Wildman–Crippen MR) is 269 cm³/mol. The molecule has 67 heavy (non-hydrogen) atoms. The highest BCUT2D eigenvalue weighted by molar-refractivity contribution is 8.77. The minimum absolute atomic E-state index is 0.0348. The van der Waals surface area contributed by atoms with Crippen molar-refractivity contribution in [2.45, 2.75) is 204 Å². The van der Waals surface area contributed by atoms with E-state index in [9.17, 15) is 19.8 Å². The molecule has 1 aromatic heterocycles. The summed E-state index contributed by atoms with van der Waals surface area (Å²) in [5.41, 5.74) is 17.0. The van der Waals surface area contributed by atoms with Gasteiger partial charge in [-0.1, -0.05) is 60.1 Å². The van der Waals surface area contributed by atoms with E-state index in [1.807, 2.05) is 27.8 Å². The van der Waals surface area contributed by atoms with E-state index >= 15 is 0 Å². The molecule has 6 atom stereocenters. The number of hydrogen-bond acceptors (Lipinski definition) is 13. The SMILES string of the molecule is CC(=O)OC1CCc2cc(c(O)c3c2CCC2CCCC2O3)CN2CC(Cc3ccnc(N)c3)(CCN=C(N)NC3(CCCC34CCCC4)SSCC3(CCCCC(O)C1)CCCC3)CC2=O. The van der Waals surface area contributed by atoms with E-state index in [2.05, 4.69) is 27.2 Å². The molecule has 0 radical (unpaired) electrons. The number of fused-ring (bicyclic) bond motifs is 8. The van der Waals surface area contributed by atoms with Crippen LogP contribution < -0.4 is 21.5 Å². The lowest BCUT2D eigenvalue weighted by molar-refractivity contribution is -0.148. The Balaban J connectivity index is 1.04. The topological polar surface area (TPSA) is 186 Å². The number of esters is 1. The number of benzene rings is 1. The van der Waals surface area contributed by atoms with Gasteiger partial charge in [0.15, 0.2) is 17.5 Å². The monoisotopic (exact) mass is 959 g/mol. The van der Waals surface area contributed by atoms with Gasteiger partial charge in [0.2, 0.25) is 5.91 Å². The average molecular weight is 959 g/mol. The Morgan fingerprint density at radius 1 is 0.925 bits per heavy atom. The summed E-state index contributed by atoms with van der Waals surface area (Å²) in [5.74, 6) is 2.88. The average Bonchev–Trinajstić information content (AvgIpc) is 4.14. The molecule has 12 nitrogen and oxygen atoms in total. The third kappa shape index (κ3) is 11.0. The number of nitrogen functional groups attached to an aromatic ring is 1. The molecule has 4 bridgehead atoms. The first-order valence-corrected chi connectivity index (χ1v) is 28.4. The molecule has 6 unspecified atom stereocenters. The number of phenolic OH excluding ortho intramolecular Hbond substituents is 1. The zero-order valence-corrected chi connectivity index (χ0v) is 41.8. The summed E-state index contributed by atoms with van der Waals surface area (Å²) in [6.45, 7) is 2.66. The molecule has 2 aromatic rings. The second kappa shape index (κ2) is 20.9. The van der Waals surface area contributed by atoms with Gasteiger partial charge in [-0.3, -0.25) is 14.6 Å². The van der Waals surface area contributed by atoms with E-state index in [0.29, 0.717) is 92.5 Å². The van der Waals surface area contributed by atoms with Crippen molar-refractivity contribution in [3.63, 3.8) is 0 Å². The molecule has 1 aromatic carbocycles. The highest BCUT2D eigenvalue weighted by Crippen LogP contribution is 2.64. The molecule has 1 amide bonds. The maximum absolute atomic E-state index is 14.4. The van der Waals surface area contributed by atoms with E-state index in [4.69, 9.17) is 25.9 Å². The molecule has 3 spiro atoms. The smallest absolute Gasteiger partial charge is 0.302 e. The molecule has 4 heterocycles. The number of phenols is 1. The second-order valence-corrected chi connectivity index (χ2v) is 24.8. The number of carbonyl (C=O) groups is 2. The van der Waals surface area contributed by atoms with E-state index < -0.39 is 17.6 Å². The molecule has 5 fully saturated rings. The van der Waals surface area contributed by atoms with Gasteiger partial charge >= 0.3 is 5.97 Å². The minimum atomic E-state index is -0.573. The van der Waals surface area contributed by atoms with Gasteiger partial charge < -0.3 is 41.4 Å². The van der Waals surface area contributed by atoms with Crippen molar-refractivity contribution >= 4 is 45.2 Å². The van der Waals surface area contributed by atoms with Crippen molar-refractivity contribution < 1.29 is 29.3 Å². The number of nitrogens with two attached hydrogens (primary N) is 2. The van der Waals surface area contributed by atoms with Crippen LogP contribution in [0.1, 0.15) is 177 Å². The normalized spacial score (nSPS) is 31.8. The Hall–Kier alpha value is -3.36. The maximum atomic E-state index is 14.4. The predicted octanol–water partition coefficient (Wildman–Crippen LogP) is 9.69. The molecule has 1 saturated heterocycles. The highest BCUT2D eigenvalue weighted by Gasteiger charge is 2.57. The number of guanidine groups is 1. The summed E-state index contributed by atoms with van der Waals surface area (Å²) in [4.78, 5) is 38.0. The van der Waals surface area contributed by atoms with Gasteiger partial charge in [-0.05, 0) is 156 Å². The summed E-state index contributed by atoms with van der Waals surface area (Å²) >= 11 is 0. The van der Waals surface area contributed by atoms with Crippen LogP contribution in [0, 0.1) is 22.2 Å². The first-order chi connectivity index (χ1) is 32.4. The fourth-order valence-corrected chi connectivity index (χ4v) is 18.3. The number of aromatic nitrogens is 1. The van der Waals surface area contributed by atoms with E-state index in [1.165, 1.54) is 77.6 Å². The lowest BCUT2D eigenvalue weighted by Crippen LogP contribution is -2.55. The first kappa shape index (κ1) is 48.7. The quantitative estimate of drug-likeness (QED) is 0.145. The van der Waals surface area contributed by atoms with Crippen molar-refractivity contribution in [1.82, 2.24) is 15.2 Å². The first-order valence-electron chi connectivity index (χ1n) is 26.1. The van der Waals surface area contributed by atoms with Crippen LogP contribution in [-0.2, 0) is 40.1 Å². The van der Waals surface area contributed by atoms with Crippen LogP contribution in [0.15, 0.2) is 29.4 Å². The van der Waals surface area contributed by atoms with Crippen LogP contribution in [0.4, 0.5) is 5.82 Å². The molecule has 9 rings (SSSR count). The lowest BCUT2D eigenvalue weighted by atomic mass is 9.78. The molecule has 3 aliphatic heterocycles. The number of rotatable bonds is 3. The van der Waals surface area contributed by atoms with Gasteiger partial charge in [-0.15, -0.1) is 0 Å². The second-order valence-electron chi connectivity index (χ2n) is 22.2.